The normalized spacial score (nSPS) is 23.4. The summed E-state index contributed by atoms with van der Waals surface area (Å²) in [5.41, 5.74) is -4.51. The maximum absolute atomic E-state index is 12.8. The van der Waals surface area contributed by atoms with Crippen LogP contribution in [0.5, 0.6) is 0 Å². The predicted molar refractivity (Wildman–Crippen MR) is 111 cm³/mol. The Kier molecular flexibility index (Phi) is 5.89. The van der Waals surface area contributed by atoms with Crippen molar-refractivity contribution < 1.29 is 27.0 Å². The summed E-state index contributed by atoms with van der Waals surface area (Å²) >= 11 is 0. The Morgan fingerprint density at radius 3 is 2.34 bits per heavy atom. The molecule has 0 radical (unpaired) electrons. The van der Waals surface area contributed by atoms with E-state index in [-0.39, 0.29) is 17.5 Å². The van der Waals surface area contributed by atoms with Gasteiger partial charge >= 0.3 is 11.5 Å². The molecule has 0 aromatic heterocycles. The number of hydrogen-bond acceptors (Lipinski definition) is 4. The highest BCUT2D eigenvalue weighted by atomic mass is 32.2. The van der Waals surface area contributed by atoms with E-state index in [2.05, 4.69) is 5.32 Å². The monoisotopic (exact) mass is 472 g/mol. The van der Waals surface area contributed by atoms with E-state index in [0.717, 1.165) is 43.4 Å². The smallest absolute Gasteiger partial charge is 0.347 e. The molecule has 176 valence electrons. The van der Waals surface area contributed by atoms with Crippen molar-refractivity contribution in [1.82, 2.24) is 15.1 Å². The number of halogens is 3. The molecule has 3 saturated heterocycles. The second-order valence-electron chi connectivity index (χ2n) is 9.10. The van der Waals surface area contributed by atoms with E-state index < -0.39 is 20.1 Å². The molecule has 1 atom stereocenters. The Bertz CT molecular complexity index is 981. The number of carbonyl (C=O) groups is 2. The number of likely N-dealkylation sites (tertiary alicyclic amines) is 2. The quantitative estimate of drug-likeness (QED) is 0.707. The molecule has 3 aliphatic rings. The van der Waals surface area contributed by atoms with Crippen LogP contribution in [0.3, 0.4) is 0 Å². The third kappa shape index (κ3) is 4.44. The average Bonchev–Trinajstić information content (AvgIpc) is 2.71. The zero-order chi connectivity index (χ0) is 23.1. The van der Waals surface area contributed by atoms with Crippen molar-refractivity contribution in [2.45, 2.75) is 54.5 Å². The van der Waals surface area contributed by atoms with Gasteiger partial charge in [-0.05, 0) is 55.7 Å². The molecule has 0 aliphatic carbocycles. The molecule has 0 bridgehead atoms. The van der Waals surface area contributed by atoms with Gasteiger partial charge in [-0.1, -0.05) is 12.1 Å². The number of rotatable bonds is 3. The first-order valence-corrected chi connectivity index (χ1v) is 12.3. The van der Waals surface area contributed by atoms with Gasteiger partial charge in [0.2, 0.25) is 5.91 Å². The first kappa shape index (κ1) is 22.9. The van der Waals surface area contributed by atoms with Gasteiger partial charge in [-0.25, -0.2) is 13.8 Å². The topological polar surface area (TPSA) is 93.6 Å². The molecule has 0 saturated carbocycles. The molecule has 2 N–H and O–H groups in total. The first-order valence-electron chi connectivity index (χ1n) is 10.8. The molecule has 1 aromatic rings. The van der Waals surface area contributed by atoms with E-state index in [1.807, 2.05) is 4.90 Å². The van der Waals surface area contributed by atoms with Gasteiger partial charge in [0.05, 0.1) is 10.4 Å². The summed E-state index contributed by atoms with van der Waals surface area (Å²) in [5.74, 6) is 0.355. The maximum atomic E-state index is 12.8. The van der Waals surface area contributed by atoms with Gasteiger partial charge in [-0.15, -0.1) is 0 Å². The van der Waals surface area contributed by atoms with Crippen LogP contribution in [-0.2, 0) is 20.9 Å². The number of nitrogens with one attached hydrogen (secondary N) is 2. The van der Waals surface area contributed by atoms with Crippen molar-refractivity contribution in [1.29, 1.82) is 4.78 Å². The lowest BCUT2D eigenvalue weighted by Crippen LogP contribution is -2.73. The summed E-state index contributed by atoms with van der Waals surface area (Å²) in [4.78, 5) is 27.5. The largest absolute Gasteiger partial charge is 0.483 e. The summed E-state index contributed by atoms with van der Waals surface area (Å²) in [6.07, 6.45) is 4.56. The number of urea groups is 1. The van der Waals surface area contributed by atoms with Gasteiger partial charge in [0.25, 0.3) is 0 Å². The molecule has 3 fully saturated rings. The molecule has 1 unspecified atom stereocenters. The van der Waals surface area contributed by atoms with Crippen LogP contribution in [0.25, 0.3) is 0 Å². The third-order valence-electron chi connectivity index (χ3n) is 6.71. The van der Waals surface area contributed by atoms with Crippen LogP contribution in [0.15, 0.2) is 29.2 Å². The summed E-state index contributed by atoms with van der Waals surface area (Å²) in [6, 6.07) is 5.26. The molecule has 3 heterocycles. The molecule has 32 heavy (non-hydrogen) atoms. The number of alkyl halides is 3. The SMILES string of the molecule is N=S(=O)(c1ccc(CC2CCN(C(=O)N3CC4(CCCC(=O)N4)C3)CC2)cc1)C(F)(F)F. The molecule has 1 spiro atoms. The minimum atomic E-state index is -5.09. The van der Waals surface area contributed by atoms with E-state index in [9.17, 15) is 27.0 Å². The highest BCUT2D eigenvalue weighted by Gasteiger charge is 2.48. The lowest BCUT2D eigenvalue weighted by molar-refractivity contribution is -0.128. The number of amides is 3. The minimum Gasteiger partial charge on any atom is -0.347 e. The van der Waals surface area contributed by atoms with Crippen molar-refractivity contribution >= 4 is 21.7 Å². The zero-order valence-corrected chi connectivity index (χ0v) is 18.4. The minimum absolute atomic E-state index is 0.00407. The van der Waals surface area contributed by atoms with E-state index in [4.69, 9.17) is 4.78 Å². The summed E-state index contributed by atoms with van der Waals surface area (Å²) in [7, 11) is -4.83. The standard InChI is InChI=1S/C21H27F3N4O3S/c22-21(23,24)32(25,31)17-5-3-15(4-6-17)12-16-7-10-27(11-8-16)19(30)28-13-20(14-28)9-1-2-18(29)26-20/h3-6,16,25H,1-2,7-14H2,(H,26,29). The third-order valence-corrected chi connectivity index (χ3v) is 8.30. The number of piperidine rings is 2. The van der Waals surface area contributed by atoms with Gasteiger partial charge in [0, 0.05) is 32.6 Å². The van der Waals surface area contributed by atoms with Gasteiger partial charge in [0.1, 0.15) is 0 Å². The Labute approximate surface area is 185 Å². The van der Waals surface area contributed by atoms with Gasteiger partial charge < -0.3 is 15.1 Å². The van der Waals surface area contributed by atoms with Crippen LogP contribution in [-0.4, -0.2) is 63.2 Å². The van der Waals surface area contributed by atoms with Gasteiger partial charge in [-0.2, -0.15) is 13.2 Å². The Hall–Kier alpha value is -2.30. The molecular formula is C21H27F3N4O3S. The Morgan fingerprint density at radius 1 is 1.16 bits per heavy atom. The fourth-order valence-corrected chi connectivity index (χ4v) is 5.66. The molecule has 11 heteroatoms. The maximum Gasteiger partial charge on any atom is 0.483 e. The zero-order valence-electron chi connectivity index (χ0n) is 17.6. The highest BCUT2D eigenvalue weighted by Crippen LogP contribution is 2.33. The Morgan fingerprint density at radius 2 is 1.78 bits per heavy atom. The van der Waals surface area contributed by atoms with Crippen LogP contribution in [0.1, 0.15) is 37.7 Å². The second kappa shape index (κ2) is 8.24. The first-order chi connectivity index (χ1) is 15.0. The van der Waals surface area contributed by atoms with Crippen molar-refractivity contribution in [2.24, 2.45) is 5.92 Å². The average molecular weight is 473 g/mol. The van der Waals surface area contributed by atoms with E-state index >= 15 is 0 Å². The van der Waals surface area contributed by atoms with Crippen LogP contribution in [0.4, 0.5) is 18.0 Å². The second-order valence-corrected chi connectivity index (χ2v) is 11.1. The number of carbonyl (C=O) groups excluding carboxylic acids is 2. The molecule has 3 aliphatic heterocycles. The number of nitrogens with zero attached hydrogens (tertiary/aromatic N) is 2. The lowest BCUT2D eigenvalue weighted by atomic mass is 9.81. The lowest BCUT2D eigenvalue weighted by Gasteiger charge is -2.53. The molecule has 7 nitrogen and oxygen atoms in total. The summed E-state index contributed by atoms with van der Waals surface area (Å²) in [5, 5.41) is 3.03. The predicted octanol–water partition coefficient (Wildman–Crippen LogP) is 3.34. The molecule has 1 aromatic carbocycles. The van der Waals surface area contributed by atoms with Gasteiger partial charge in [0.15, 0.2) is 9.73 Å². The molecule has 3 amide bonds. The fraction of sp³-hybridized carbons (Fsp3) is 0.619. The highest BCUT2D eigenvalue weighted by molar-refractivity contribution is 7.93. The van der Waals surface area contributed by atoms with Crippen molar-refractivity contribution in [3.8, 4) is 0 Å². The molecular weight excluding hydrogens is 445 g/mol. The van der Waals surface area contributed by atoms with Crippen molar-refractivity contribution in [3.05, 3.63) is 29.8 Å². The number of hydrogen-bond donors (Lipinski definition) is 2. The van der Waals surface area contributed by atoms with Crippen molar-refractivity contribution in [3.63, 3.8) is 0 Å². The van der Waals surface area contributed by atoms with Crippen LogP contribution >= 0.6 is 0 Å². The van der Waals surface area contributed by atoms with Crippen molar-refractivity contribution in [2.75, 3.05) is 26.2 Å². The van der Waals surface area contributed by atoms with E-state index in [0.29, 0.717) is 44.9 Å². The summed E-state index contributed by atoms with van der Waals surface area (Å²) in [6.45, 7) is 2.35. The fourth-order valence-electron chi connectivity index (χ4n) is 4.88. The Balaban J connectivity index is 1.26. The van der Waals surface area contributed by atoms with Crippen LogP contribution < -0.4 is 5.32 Å². The van der Waals surface area contributed by atoms with E-state index in [1.165, 1.54) is 12.1 Å². The van der Waals surface area contributed by atoms with Gasteiger partial charge in [-0.3, -0.25) is 4.79 Å². The number of benzene rings is 1. The van der Waals surface area contributed by atoms with E-state index in [1.54, 1.807) is 4.90 Å². The molecule has 4 rings (SSSR count). The summed E-state index contributed by atoms with van der Waals surface area (Å²) < 4.78 is 57.2. The van der Waals surface area contributed by atoms with Crippen LogP contribution in [0.2, 0.25) is 0 Å². The van der Waals surface area contributed by atoms with Crippen LogP contribution in [0, 0.1) is 10.7 Å².